The number of amides is 1. The largest absolute Gasteiger partial charge is 0.308 e. The number of pyridine rings is 1. The molecule has 130 valence electrons. The maximum Gasteiger partial charge on any atom is 0.278 e. The number of nitro groups is 1. The third kappa shape index (κ3) is 2.74. The fourth-order valence-corrected chi connectivity index (χ4v) is 3.82. The maximum atomic E-state index is 13.2. The molecule has 0 N–H and O–H groups in total. The summed E-state index contributed by atoms with van der Waals surface area (Å²) in [6.45, 7) is 0.610. The first-order valence-electron chi connectivity index (χ1n) is 8.18. The highest BCUT2D eigenvalue weighted by atomic mass is 79.9. The molecule has 4 rings (SSSR count). The second-order valence-corrected chi connectivity index (χ2v) is 7.04. The number of nitrogens with zero attached hydrogens (tertiary/aromatic N) is 3. The Kier molecular flexibility index (Phi) is 4.16. The van der Waals surface area contributed by atoms with Crippen LogP contribution < -0.4 is 4.90 Å². The number of hydrogen-bond donors (Lipinski definition) is 0. The van der Waals surface area contributed by atoms with Gasteiger partial charge < -0.3 is 4.90 Å². The second kappa shape index (κ2) is 6.49. The van der Waals surface area contributed by atoms with Crippen molar-refractivity contribution in [3.63, 3.8) is 0 Å². The van der Waals surface area contributed by atoms with Gasteiger partial charge in [-0.3, -0.25) is 19.9 Å². The minimum atomic E-state index is -0.452. The molecule has 1 aliphatic rings. The Morgan fingerprint density at radius 3 is 2.88 bits per heavy atom. The molecule has 2 aromatic carbocycles. The Labute approximate surface area is 157 Å². The summed E-state index contributed by atoms with van der Waals surface area (Å²) in [7, 11) is 0. The highest BCUT2D eigenvalue weighted by molar-refractivity contribution is 9.10. The topological polar surface area (TPSA) is 76.3 Å². The van der Waals surface area contributed by atoms with Crippen LogP contribution in [0.5, 0.6) is 0 Å². The van der Waals surface area contributed by atoms with Crippen molar-refractivity contribution in [1.29, 1.82) is 0 Å². The van der Waals surface area contributed by atoms with Gasteiger partial charge in [-0.25, -0.2) is 0 Å². The third-order valence-corrected chi connectivity index (χ3v) is 5.07. The molecule has 0 radical (unpaired) electrons. The van der Waals surface area contributed by atoms with Crippen LogP contribution in [0, 0.1) is 10.1 Å². The van der Waals surface area contributed by atoms with Crippen molar-refractivity contribution in [1.82, 2.24) is 4.98 Å². The van der Waals surface area contributed by atoms with Crippen molar-refractivity contribution in [3.8, 4) is 0 Å². The number of nitro benzene ring substituents is 1. The molecular weight excluding hydrogens is 398 g/mol. The van der Waals surface area contributed by atoms with Gasteiger partial charge in [0.1, 0.15) is 0 Å². The summed E-state index contributed by atoms with van der Waals surface area (Å²) in [5.74, 6) is -0.188. The van der Waals surface area contributed by atoms with E-state index in [-0.39, 0.29) is 11.6 Å². The van der Waals surface area contributed by atoms with E-state index in [9.17, 15) is 14.9 Å². The van der Waals surface area contributed by atoms with Gasteiger partial charge in [0.15, 0.2) is 0 Å². The van der Waals surface area contributed by atoms with Crippen LogP contribution in [0.25, 0.3) is 10.9 Å². The monoisotopic (exact) mass is 411 g/mol. The van der Waals surface area contributed by atoms with Crippen LogP contribution >= 0.6 is 15.9 Å². The Morgan fingerprint density at radius 1 is 1.23 bits per heavy atom. The fraction of sp³-hybridized carbons (Fsp3) is 0.158. The van der Waals surface area contributed by atoms with Gasteiger partial charge >= 0.3 is 0 Å². The molecule has 0 saturated heterocycles. The summed E-state index contributed by atoms with van der Waals surface area (Å²) in [5.41, 5.74) is 2.68. The molecule has 0 saturated carbocycles. The van der Waals surface area contributed by atoms with Gasteiger partial charge in [0.25, 0.3) is 11.6 Å². The first-order chi connectivity index (χ1) is 12.6. The zero-order chi connectivity index (χ0) is 18.3. The maximum absolute atomic E-state index is 13.2. The van der Waals surface area contributed by atoms with E-state index in [1.165, 1.54) is 12.1 Å². The number of aromatic nitrogens is 1. The highest BCUT2D eigenvalue weighted by Gasteiger charge is 2.27. The lowest BCUT2D eigenvalue weighted by Gasteiger charge is -2.30. The van der Waals surface area contributed by atoms with Crippen molar-refractivity contribution in [2.45, 2.75) is 12.8 Å². The van der Waals surface area contributed by atoms with Gasteiger partial charge in [0.2, 0.25) is 0 Å². The first kappa shape index (κ1) is 16.7. The van der Waals surface area contributed by atoms with Gasteiger partial charge in [0, 0.05) is 29.0 Å². The first-order valence-corrected chi connectivity index (χ1v) is 8.98. The average Bonchev–Trinajstić information content (AvgIpc) is 2.65. The van der Waals surface area contributed by atoms with Gasteiger partial charge in [-0.05, 0) is 54.8 Å². The normalized spacial score (nSPS) is 13.5. The van der Waals surface area contributed by atoms with Crippen LogP contribution in [-0.2, 0) is 6.42 Å². The number of benzene rings is 2. The third-order valence-electron chi connectivity index (χ3n) is 4.58. The number of carbonyl (C=O) groups excluding carboxylic acids is 1. The number of carbonyl (C=O) groups is 1. The second-order valence-electron chi connectivity index (χ2n) is 6.12. The number of rotatable bonds is 2. The van der Waals surface area contributed by atoms with Crippen LogP contribution in [0.2, 0.25) is 0 Å². The molecule has 26 heavy (non-hydrogen) atoms. The number of halogens is 1. The van der Waals surface area contributed by atoms with E-state index in [1.54, 1.807) is 23.2 Å². The lowest BCUT2D eigenvalue weighted by Crippen LogP contribution is -2.35. The Balaban J connectivity index is 1.84. The Bertz CT molecular complexity index is 1050. The molecule has 0 fully saturated rings. The smallest absolute Gasteiger partial charge is 0.278 e. The summed E-state index contributed by atoms with van der Waals surface area (Å²) in [6.07, 6.45) is 3.33. The lowest BCUT2D eigenvalue weighted by atomic mass is 10.00. The van der Waals surface area contributed by atoms with Gasteiger partial charge in [0.05, 0.1) is 21.4 Å². The van der Waals surface area contributed by atoms with E-state index >= 15 is 0 Å². The van der Waals surface area contributed by atoms with E-state index in [1.807, 2.05) is 18.2 Å². The molecule has 0 bridgehead atoms. The van der Waals surface area contributed by atoms with Crippen molar-refractivity contribution < 1.29 is 9.72 Å². The predicted octanol–water partition coefficient (Wildman–Crippen LogP) is 4.50. The molecule has 0 unspecified atom stereocenters. The lowest BCUT2D eigenvalue weighted by molar-refractivity contribution is -0.383. The van der Waals surface area contributed by atoms with Crippen LogP contribution in [0.3, 0.4) is 0 Å². The SMILES string of the molecule is O=C(c1ccc([N+](=O)[O-])c2cccnc12)N1CCCc2cc(Br)ccc21. The van der Waals surface area contributed by atoms with Crippen LogP contribution in [0.1, 0.15) is 22.3 Å². The number of anilines is 1. The Morgan fingerprint density at radius 2 is 2.08 bits per heavy atom. The molecular formula is C19H14BrN3O3. The van der Waals surface area contributed by atoms with Crippen molar-refractivity contribution in [2.24, 2.45) is 0 Å². The summed E-state index contributed by atoms with van der Waals surface area (Å²) >= 11 is 3.47. The average molecular weight is 412 g/mol. The molecule has 1 aromatic heterocycles. The molecule has 1 aliphatic heterocycles. The van der Waals surface area contributed by atoms with Gasteiger partial charge in [-0.15, -0.1) is 0 Å². The Hall–Kier alpha value is -2.80. The molecule has 2 heterocycles. The van der Waals surface area contributed by atoms with Crippen molar-refractivity contribution in [3.05, 3.63) is 74.4 Å². The molecule has 1 amide bonds. The number of hydrogen-bond acceptors (Lipinski definition) is 4. The summed E-state index contributed by atoms with van der Waals surface area (Å²) in [6, 6.07) is 12.0. The van der Waals surface area contributed by atoms with Crippen molar-refractivity contribution >= 4 is 44.1 Å². The molecule has 0 aliphatic carbocycles. The van der Waals surface area contributed by atoms with E-state index in [2.05, 4.69) is 20.9 Å². The van der Waals surface area contributed by atoms with Crippen LogP contribution in [0.15, 0.2) is 53.1 Å². The van der Waals surface area contributed by atoms with Crippen LogP contribution in [0.4, 0.5) is 11.4 Å². The molecule has 0 atom stereocenters. The van der Waals surface area contributed by atoms with E-state index in [0.717, 1.165) is 28.6 Å². The van der Waals surface area contributed by atoms with Gasteiger partial charge in [-0.2, -0.15) is 0 Å². The quantitative estimate of drug-likeness (QED) is 0.459. The fourth-order valence-electron chi connectivity index (χ4n) is 3.41. The zero-order valence-corrected chi connectivity index (χ0v) is 15.3. The van der Waals surface area contributed by atoms with E-state index in [4.69, 9.17) is 0 Å². The molecule has 6 nitrogen and oxygen atoms in total. The van der Waals surface area contributed by atoms with E-state index in [0.29, 0.717) is 23.0 Å². The molecule has 7 heteroatoms. The number of fused-ring (bicyclic) bond motifs is 2. The van der Waals surface area contributed by atoms with Crippen LogP contribution in [-0.4, -0.2) is 22.4 Å². The zero-order valence-electron chi connectivity index (χ0n) is 13.7. The minimum Gasteiger partial charge on any atom is -0.308 e. The van der Waals surface area contributed by atoms with E-state index < -0.39 is 4.92 Å². The summed E-state index contributed by atoms with van der Waals surface area (Å²) < 4.78 is 0.980. The predicted molar refractivity (Wildman–Crippen MR) is 103 cm³/mol. The molecule has 3 aromatic rings. The minimum absolute atomic E-state index is 0.0485. The van der Waals surface area contributed by atoms with Crippen molar-refractivity contribution in [2.75, 3.05) is 11.4 Å². The number of non-ortho nitro benzene ring substituents is 1. The highest BCUT2D eigenvalue weighted by Crippen LogP contribution is 2.33. The van der Waals surface area contributed by atoms with Gasteiger partial charge in [-0.1, -0.05) is 15.9 Å². The summed E-state index contributed by atoms with van der Waals surface area (Å²) in [4.78, 5) is 30.1. The molecule has 0 spiro atoms. The number of aryl methyl sites for hydroxylation is 1. The standard InChI is InChI=1S/C19H14BrN3O3/c20-13-5-7-16-12(11-13)3-2-10-22(16)19(24)15-6-8-17(23(25)26)14-4-1-9-21-18(14)15/h1,4-9,11H,2-3,10H2. The summed E-state index contributed by atoms with van der Waals surface area (Å²) in [5, 5.41) is 11.6.